The van der Waals surface area contributed by atoms with E-state index in [1.807, 2.05) is 0 Å². The van der Waals surface area contributed by atoms with Crippen molar-refractivity contribution in [2.75, 3.05) is 13.9 Å². The Balaban J connectivity index is 1.35. The fourth-order valence-electron chi connectivity index (χ4n) is 8.79. The number of fused-ring (bicyclic) bond motifs is 4. The molecule has 26 heavy (non-hydrogen) atoms. The van der Waals surface area contributed by atoms with Crippen molar-refractivity contribution in [2.45, 2.75) is 83.7 Å². The maximum atomic E-state index is 5.97. The molecule has 0 N–H and O–H groups in total. The first-order chi connectivity index (χ1) is 12.7. The third-order valence-electron chi connectivity index (χ3n) is 10.0. The lowest BCUT2D eigenvalue weighted by molar-refractivity contribution is -0.154. The van der Waals surface area contributed by atoms with Gasteiger partial charge in [0.2, 0.25) is 0 Å². The van der Waals surface area contributed by atoms with E-state index in [0.29, 0.717) is 23.7 Å². The van der Waals surface area contributed by atoms with E-state index in [2.05, 4.69) is 19.1 Å². The topological polar surface area (TPSA) is 18.5 Å². The first-order valence-corrected chi connectivity index (χ1v) is 11.4. The highest BCUT2D eigenvalue weighted by Crippen LogP contribution is 2.69. The third kappa shape index (κ3) is 2.50. The maximum Gasteiger partial charge on any atom is 0.146 e. The number of ether oxygens (including phenoxy) is 2. The SMILES string of the molecule is COCO[C@@H]1CC[C@@]2(C)[C@H](CC[C@@H]3[C@@H]2CC[C@@]24CC=CC[C@H]2CC[C@@H]34)C1. The van der Waals surface area contributed by atoms with Gasteiger partial charge in [-0.1, -0.05) is 19.1 Å². The molecule has 146 valence electrons. The molecule has 0 heterocycles. The third-order valence-corrected chi connectivity index (χ3v) is 10.0. The van der Waals surface area contributed by atoms with Gasteiger partial charge in [0, 0.05) is 7.11 Å². The first-order valence-electron chi connectivity index (χ1n) is 11.4. The summed E-state index contributed by atoms with van der Waals surface area (Å²) in [5.74, 6) is 4.96. The van der Waals surface area contributed by atoms with Crippen LogP contribution in [0.3, 0.4) is 0 Å². The highest BCUT2D eigenvalue weighted by Gasteiger charge is 2.61. The Labute approximate surface area is 160 Å². The Morgan fingerprint density at radius 2 is 1.81 bits per heavy atom. The molecule has 0 amide bonds. The second kappa shape index (κ2) is 6.62. The van der Waals surface area contributed by atoms with Gasteiger partial charge < -0.3 is 9.47 Å². The van der Waals surface area contributed by atoms with Crippen LogP contribution in [0.5, 0.6) is 0 Å². The van der Waals surface area contributed by atoms with E-state index < -0.39 is 0 Å². The Kier molecular flexibility index (Phi) is 4.52. The number of hydrogen-bond acceptors (Lipinski definition) is 2. The quantitative estimate of drug-likeness (QED) is 0.457. The van der Waals surface area contributed by atoms with E-state index in [9.17, 15) is 0 Å². The van der Waals surface area contributed by atoms with Crippen LogP contribution in [-0.2, 0) is 9.47 Å². The molecule has 2 nitrogen and oxygen atoms in total. The van der Waals surface area contributed by atoms with Gasteiger partial charge in [-0.3, -0.25) is 0 Å². The molecule has 0 radical (unpaired) electrons. The molecule has 4 fully saturated rings. The van der Waals surface area contributed by atoms with Crippen molar-refractivity contribution in [3.05, 3.63) is 12.2 Å². The Morgan fingerprint density at radius 1 is 0.923 bits per heavy atom. The van der Waals surface area contributed by atoms with Crippen molar-refractivity contribution >= 4 is 0 Å². The zero-order chi connectivity index (χ0) is 17.8. The van der Waals surface area contributed by atoms with Gasteiger partial charge >= 0.3 is 0 Å². The molecule has 5 rings (SSSR count). The fourth-order valence-corrected chi connectivity index (χ4v) is 8.79. The van der Waals surface area contributed by atoms with Crippen LogP contribution in [-0.4, -0.2) is 20.0 Å². The van der Waals surface area contributed by atoms with Crippen molar-refractivity contribution in [1.82, 2.24) is 0 Å². The molecule has 1 spiro atoms. The minimum Gasteiger partial charge on any atom is -0.359 e. The van der Waals surface area contributed by atoms with Crippen LogP contribution in [0.4, 0.5) is 0 Å². The Hall–Kier alpha value is -0.340. The van der Waals surface area contributed by atoms with Gasteiger partial charge in [0.25, 0.3) is 0 Å². The molecular weight excluding hydrogens is 320 g/mol. The molecule has 0 aromatic heterocycles. The second-order valence-electron chi connectivity index (χ2n) is 10.6. The van der Waals surface area contributed by atoms with Crippen LogP contribution in [0, 0.1) is 40.4 Å². The monoisotopic (exact) mass is 358 g/mol. The normalized spacial score (nSPS) is 52.7. The lowest BCUT2D eigenvalue weighted by Gasteiger charge is -2.62. The van der Waals surface area contributed by atoms with E-state index in [1.54, 1.807) is 7.11 Å². The van der Waals surface area contributed by atoms with E-state index in [1.165, 1.54) is 70.6 Å². The predicted octanol–water partition coefficient (Wildman–Crippen LogP) is 5.96. The van der Waals surface area contributed by atoms with Crippen molar-refractivity contribution in [2.24, 2.45) is 40.4 Å². The zero-order valence-corrected chi connectivity index (χ0v) is 16.9. The van der Waals surface area contributed by atoms with Crippen molar-refractivity contribution in [1.29, 1.82) is 0 Å². The van der Waals surface area contributed by atoms with Crippen LogP contribution in [0.25, 0.3) is 0 Å². The highest BCUT2D eigenvalue weighted by molar-refractivity contribution is 5.14. The minimum atomic E-state index is 0.443. The van der Waals surface area contributed by atoms with Gasteiger partial charge in [-0.05, 0) is 111 Å². The van der Waals surface area contributed by atoms with Crippen molar-refractivity contribution < 1.29 is 9.47 Å². The molecule has 5 aliphatic carbocycles. The van der Waals surface area contributed by atoms with Crippen molar-refractivity contribution in [3.63, 3.8) is 0 Å². The Morgan fingerprint density at radius 3 is 2.69 bits per heavy atom. The molecule has 0 aliphatic heterocycles. The number of hydrogen-bond donors (Lipinski definition) is 0. The van der Waals surface area contributed by atoms with E-state index in [-0.39, 0.29) is 0 Å². The maximum absolute atomic E-state index is 5.97. The molecule has 0 aromatic carbocycles. The number of methoxy groups -OCH3 is 1. The summed E-state index contributed by atoms with van der Waals surface area (Å²) in [6.07, 6.45) is 21.2. The van der Waals surface area contributed by atoms with Crippen molar-refractivity contribution in [3.8, 4) is 0 Å². The summed E-state index contributed by atoms with van der Waals surface area (Å²) >= 11 is 0. The smallest absolute Gasteiger partial charge is 0.146 e. The van der Waals surface area contributed by atoms with E-state index in [0.717, 1.165) is 29.6 Å². The summed E-state index contributed by atoms with van der Waals surface area (Å²) < 4.78 is 11.1. The summed E-state index contributed by atoms with van der Waals surface area (Å²) in [6, 6.07) is 0. The van der Waals surface area contributed by atoms with Gasteiger partial charge in [0.15, 0.2) is 0 Å². The van der Waals surface area contributed by atoms with Gasteiger partial charge in [0.1, 0.15) is 6.79 Å². The Bertz CT molecular complexity index is 556. The molecule has 5 aliphatic rings. The second-order valence-corrected chi connectivity index (χ2v) is 10.6. The van der Waals surface area contributed by atoms with Crippen LogP contribution in [0.15, 0.2) is 12.2 Å². The summed E-state index contributed by atoms with van der Waals surface area (Å²) in [5.41, 5.74) is 1.29. The highest BCUT2D eigenvalue weighted by atomic mass is 16.7. The van der Waals surface area contributed by atoms with Gasteiger partial charge in [0.05, 0.1) is 6.10 Å². The van der Waals surface area contributed by atoms with Crippen LogP contribution < -0.4 is 0 Å². The number of rotatable bonds is 3. The van der Waals surface area contributed by atoms with E-state index in [4.69, 9.17) is 9.47 Å². The molecule has 0 aromatic rings. The minimum absolute atomic E-state index is 0.443. The molecule has 2 heteroatoms. The molecule has 0 unspecified atom stereocenters. The van der Waals surface area contributed by atoms with Gasteiger partial charge in [-0.25, -0.2) is 0 Å². The predicted molar refractivity (Wildman–Crippen MR) is 105 cm³/mol. The summed E-state index contributed by atoms with van der Waals surface area (Å²) in [7, 11) is 1.74. The van der Waals surface area contributed by atoms with Gasteiger partial charge in [-0.2, -0.15) is 0 Å². The standard InChI is InChI=1S/C24H38O2/c1-23-13-10-19(26-16-25-2)15-18(23)6-8-20-21(23)11-14-24-12-4-3-5-17(24)7-9-22(20)24/h3-4,17-22H,5-16H2,1-2H3/t17-,18+,19+,20+,21-,22-,23-,24-/m0/s1. The van der Waals surface area contributed by atoms with E-state index >= 15 is 0 Å². The summed E-state index contributed by atoms with van der Waals surface area (Å²) in [6.45, 7) is 3.14. The molecule has 8 atom stereocenters. The van der Waals surface area contributed by atoms with Gasteiger partial charge in [-0.15, -0.1) is 0 Å². The van der Waals surface area contributed by atoms with Crippen LogP contribution in [0.2, 0.25) is 0 Å². The molecular formula is C24H38O2. The lowest BCUT2D eigenvalue weighted by Crippen LogP contribution is -2.54. The largest absolute Gasteiger partial charge is 0.359 e. The molecule has 4 saturated carbocycles. The first kappa shape index (κ1) is 17.7. The lowest BCUT2D eigenvalue weighted by atomic mass is 9.43. The molecule has 0 bridgehead atoms. The van der Waals surface area contributed by atoms with Crippen LogP contribution >= 0.6 is 0 Å². The molecule has 0 saturated heterocycles. The summed E-state index contributed by atoms with van der Waals surface area (Å²) in [5, 5.41) is 0. The average molecular weight is 359 g/mol. The zero-order valence-electron chi connectivity index (χ0n) is 16.9. The fraction of sp³-hybridized carbons (Fsp3) is 0.917. The number of allylic oxidation sites excluding steroid dienone is 2. The average Bonchev–Trinajstić information content (AvgIpc) is 3.06. The summed E-state index contributed by atoms with van der Waals surface area (Å²) in [4.78, 5) is 0. The van der Waals surface area contributed by atoms with Crippen LogP contribution in [0.1, 0.15) is 77.6 Å².